The molecule has 1 atom stereocenters. The molecule has 0 saturated heterocycles. The number of pyridine rings is 1. The number of carbonyl (C=O) groups is 2. The Labute approximate surface area is 220 Å². The lowest BCUT2D eigenvalue weighted by Gasteiger charge is -2.36. The van der Waals surface area contributed by atoms with Gasteiger partial charge in [0, 0.05) is 33.4 Å². The first-order valence-electron chi connectivity index (χ1n) is 13.1. The van der Waals surface area contributed by atoms with Crippen molar-refractivity contribution >= 4 is 40.2 Å². The standard InChI is InChI=1S/C29H31N3O4S/c1-2-35-21-8-9-24-22(13-21)23-11-19(15-36-26(23)14-30-24)17-3-6-20(7-4-17)31-29(34)18-5-10-27-25(12-18)32-28(33)16-37-27/h5,8-10,12-14,17,19-20H,2-4,6-7,11,15-16H2,1H3,(H,31,34)(H,32,33). The first-order valence-corrected chi connectivity index (χ1v) is 14.1. The van der Waals surface area contributed by atoms with Gasteiger partial charge in [-0.25, -0.2) is 0 Å². The molecule has 3 aliphatic rings. The number of nitrogens with zero attached hydrogens (tertiary/aromatic N) is 1. The summed E-state index contributed by atoms with van der Waals surface area (Å²) in [4.78, 5) is 30.2. The van der Waals surface area contributed by atoms with Gasteiger partial charge >= 0.3 is 0 Å². The average molecular weight is 518 g/mol. The summed E-state index contributed by atoms with van der Waals surface area (Å²) in [5, 5.41) is 7.21. The molecule has 2 amide bonds. The van der Waals surface area contributed by atoms with Gasteiger partial charge in [0.1, 0.15) is 11.5 Å². The molecule has 0 radical (unpaired) electrons. The quantitative estimate of drug-likeness (QED) is 0.483. The molecule has 8 heteroatoms. The minimum absolute atomic E-state index is 0.0262. The highest BCUT2D eigenvalue weighted by Crippen LogP contribution is 2.40. The highest BCUT2D eigenvalue weighted by atomic mass is 32.2. The number of hydrogen-bond donors (Lipinski definition) is 2. The SMILES string of the molecule is CCOc1ccc2ncc3c(c2c1)CC(C1CCC(NC(=O)c2ccc4c(c2)NC(=O)CS4)CC1)CO3. The Balaban J connectivity index is 1.08. The highest BCUT2D eigenvalue weighted by molar-refractivity contribution is 8.00. The Kier molecular flexibility index (Phi) is 6.67. The maximum Gasteiger partial charge on any atom is 0.251 e. The minimum atomic E-state index is -0.0740. The van der Waals surface area contributed by atoms with Crippen LogP contribution in [0.2, 0.25) is 0 Å². The van der Waals surface area contributed by atoms with Crippen molar-refractivity contribution in [2.24, 2.45) is 11.8 Å². The largest absolute Gasteiger partial charge is 0.494 e. The Hall–Kier alpha value is -3.26. The van der Waals surface area contributed by atoms with Crippen molar-refractivity contribution in [3.8, 4) is 11.5 Å². The molecule has 1 aromatic heterocycles. The topological polar surface area (TPSA) is 89.5 Å². The van der Waals surface area contributed by atoms with Gasteiger partial charge in [0.25, 0.3) is 5.91 Å². The summed E-state index contributed by atoms with van der Waals surface area (Å²) in [6.07, 6.45) is 6.89. The third-order valence-corrected chi connectivity index (χ3v) is 8.86. The molecule has 1 fully saturated rings. The second kappa shape index (κ2) is 10.2. The molecule has 1 unspecified atom stereocenters. The average Bonchev–Trinajstić information content (AvgIpc) is 2.93. The van der Waals surface area contributed by atoms with Crippen LogP contribution in [0.5, 0.6) is 11.5 Å². The van der Waals surface area contributed by atoms with E-state index in [9.17, 15) is 9.59 Å². The van der Waals surface area contributed by atoms with E-state index >= 15 is 0 Å². The fourth-order valence-corrected chi connectivity index (χ4v) is 6.64. The molecule has 37 heavy (non-hydrogen) atoms. The number of ether oxygens (including phenoxy) is 2. The molecule has 1 aliphatic carbocycles. The summed E-state index contributed by atoms with van der Waals surface area (Å²) in [6.45, 7) is 3.34. The normalized spacial score (nSPS) is 22.8. The molecule has 2 N–H and O–H groups in total. The number of amides is 2. The fourth-order valence-electron chi connectivity index (χ4n) is 5.85. The molecule has 2 aromatic carbocycles. The number of thioether (sulfide) groups is 1. The molecule has 1 saturated carbocycles. The highest BCUT2D eigenvalue weighted by Gasteiger charge is 2.32. The molecular weight excluding hydrogens is 486 g/mol. The van der Waals surface area contributed by atoms with Crippen LogP contribution >= 0.6 is 11.8 Å². The molecule has 6 rings (SSSR count). The predicted octanol–water partition coefficient (Wildman–Crippen LogP) is 5.22. The van der Waals surface area contributed by atoms with E-state index in [0.717, 1.165) is 65.1 Å². The predicted molar refractivity (Wildman–Crippen MR) is 145 cm³/mol. The Morgan fingerprint density at radius 1 is 1.16 bits per heavy atom. The zero-order chi connectivity index (χ0) is 25.4. The van der Waals surface area contributed by atoms with Gasteiger partial charge < -0.3 is 20.1 Å². The van der Waals surface area contributed by atoms with Crippen LogP contribution < -0.4 is 20.1 Å². The van der Waals surface area contributed by atoms with Crippen LogP contribution in [-0.4, -0.2) is 41.8 Å². The van der Waals surface area contributed by atoms with Crippen LogP contribution in [0.25, 0.3) is 10.9 Å². The first kappa shape index (κ1) is 24.1. The maximum atomic E-state index is 12.9. The zero-order valence-corrected chi connectivity index (χ0v) is 21.7. The van der Waals surface area contributed by atoms with Gasteiger partial charge in [-0.2, -0.15) is 0 Å². The summed E-state index contributed by atoms with van der Waals surface area (Å²) in [5.74, 6) is 3.09. The Morgan fingerprint density at radius 3 is 2.86 bits per heavy atom. The summed E-state index contributed by atoms with van der Waals surface area (Å²) in [7, 11) is 0. The van der Waals surface area contributed by atoms with E-state index in [4.69, 9.17) is 9.47 Å². The Bertz CT molecular complexity index is 1350. The van der Waals surface area contributed by atoms with Gasteiger partial charge in [-0.05, 0) is 81.3 Å². The van der Waals surface area contributed by atoms with Crippen LogP contribution in [0.4, 0.5) is 5.69 Å². The van der Waals surface area contributed by atoms with E-state index in [1.165, 1.54) is 17.3 Å². The molecule has 0 spiro atoms. The van der Waals surface area contributed by atoms with Crippen LogP contribution in [0.1, 0.15) is 48.5 Å². The van der Waals surface area contributed by atoms with E-state index in [1.54, 1.807) is 6.07 Å². The first-order chi connectivity index (χ1) is 18.1. The lowest BCUT2D eigenvalue weighted by atomic mass is 9.75. The second-order valence-corrected chi connectivity index (χ2v) is 11.1. The third-order valence-electron chi connectivity index (χ3n) is 7.79. The number of benzene rings is 2. The van der Waals surface area contributed by atoms with Gasteiger partial charge in [-0.15, -0.1) is 11.8 Å². The fraction of sp³-hybridized carbons (Fsp3) is 0.414. The molecule has 192 valence electrons. The van der Waals surface area contributed by atoms with E-state index < -0.39 is 0 Å². The number of hydrogen-bond acceptors (Lipinski definition) is 6. The van der Waals surface area contributed by atoms with E-state index in [-0.39, 0.29) is 17.9 Å². The van der Waals surface area contributed by atoms with Crippen LogP contribution in [0.3, 0.4) is 0 Å². The van der Waals surface area contributed by atoms with Gasteiger partial charge in [-0.3, -0.25) is 14.6 Å². The molecule has 3 heterocycles. The summed E-state index contributed by atoms with van der Waals surface area (Å²) >= 11 is 1.50. The molecule has 2 aliphatic heterocycles. The summed E-state index contributed by atoms with van der Waals surface area (Å²) < 4.78 is 11.9. The summed E-state index contributed by atoms with van der Waals surface area (Å²) in [6, 6.07) is 11.8. The number of fused-ring (bicyclic) bond motifs is 4. The van der Waals surface area contributed by atoms with Crippen molar-refractivity contribution in [3.63, 3.8) is 0 Å². The van der Waals surface area contributed by atoms with Crippen molar-refractivity contribution in [3.05, 3.63) is 53.7 Å². The lowest BCUT2D eigenvalue weighted by Crippen LogP contribution is -2.40. The van der Waals surface area contributed by atoms with E-state index in [1.807, 2.05) is 37.4 Å². The van der Waals surface area contributed by atoms with Gasteiger partial charge in [0.15, 0.2) is 0 Å². The second-order valence-electron chi connectivity index (χ2n) is 10.1. The van der Waals surface area contributed by atoms with Crippen LogP contribution in [0.15, 0.2) is 47.5 Å². The number of aromatic nitrogens is 1. The summed E-state index contributed by atoms with van der Waals surface area (Å²) in [5.41, 5.74) is 3.52. The number of nitrogens with one attached hydrogen (secondary N) is 2. The number of carbonyl (C=O) groups excluding carboxylic acids is 2. The third kappa shape index (κ3) is 4.99. The number of anilines is 1. The molecule has 0 bridgehead atoms. The molecule has 3 aromatic rings. The van der Waals surface area contributed by atoms with E-state index in [0.29, 0.717) is 36.4 Å². The number of rotatable bonds is 5. The van der Waals surface area contributed by atoms with Gasteiger partial charge in [0.05, 0.1) is 36.4 Å². The lowest BCUT2D eigenvalue weighted by molar-refractivity contribution is -0.113. The van der Waals surface area contributed by atoms with E-state index in [2.05, 4.69) is 21.7 Å². The van der Waals surface area contributed by atoms with Crippen molar-refractivity contribution in [2.75, 3.05) is 24.3 Å². The Morgan fingerprint density at radius 2 is 2.03 bits per heavy atom. The van der Waals surface area contributed by atoms with Crippen molar-refractivity contribution in [1.29, 1.82) is 0 Å². The maximum absolute atomic E-state index is 12.9. The molecule has 7 nitrogen and oxygen atoms in total. The monoisotopic (exact) mass is 517 g/mol. The van der Waals surface area contributed by atoms with Crippen molar-refractivity contribution < 1.29 is 19.1 Å². The van der Waals surface area contributed by atoms with Gasteiger partial charge in [-0.1, -0.05) is 0 Å². The molecular formula is C29H31N3O4S. The van der Waals surface area contributed by atoms with Gasteiger partial charge in [0.2, 0.25) is 5.91 Å². The zero-order valence-electron chi connectivity index (χ0n) is 20.9. The smallest absolute Gasteiger partial charge is 0.251 e. The van der Waals surface area contributed by atoms with Crippen molar-refractivity contribution in [2.45, 2.75) is 50.0 Å². The minimum Gasteiger partial charge on any atom is -0.494 e. The van der Waals surface area contributed by atoms with Crippen molar-refractivity contribution in [1.82, 2.24) is 10.3 Å². The van der Waals surface area contributed by atoms with Crippen LogP contribution in [0, 0.1) is 11.8 Å². The van der Waals surface area contributed by atoms with Crippen LogP contribution in [-0.2, 0) is 11.2 Å².